The molecule has 0 aromatic carbocycles. The third-order valence-electron chi connectivity index (χ3n) is 4.79. The van der Waals surface area contributed by atoms with Crippen LogP contribution in [-0.4, -0.2) is 40.2 Å². The van der Waals surface area contributed by atoms with Crippen LogP contribution in [0.25, 0.3) is 0 Å². The zero-order valence-electron chi connectivity index (χ0n) is 16.9. The Labute approximate surface area is 167 Å². The minimum absolute atomic E-state index is 0.211. The summed E-state index contributed by atoms with van der Waals surface area (Å²) in [4.78, 5) is 22.8. The Morgan fingerprint density at radius 3 is 2.66 bits per heavy atom. The second-order valence-corrected chi connectivity index (χ2v) is 6.97. The van der Waals surface area contributed by atoms with Gasteiger partial charge in [-0.05, 0) is 25.7 Å². The van der Waals surface area contributed by atoms with Crippen molar-refractivity contribution in [1.29, 1.82) is 0 Å². The highest BCUT2D eigenvalue weighted by atomic mass is 16.6. The number of hydrogen-bond acceptors (Lipinski definition) is 6. The molecule has 0 aliphatic heterocycles. The van der Waals surface area contributed by atoms with E-state index < -0.39 is 10.8 Å². The van der Waals surface area contributed by atoms with Crippen molar-refractivity contribution in [3.8, 4) is 0 Å². The largest absolute Gasteiger partial charge is 0.390 e. The molecular weight excluding hydrogens is 376 g/mol. The Kier molecular flexibility index (Phi) is 5.76. The first-order valence-electron chi connectivity index (χ1n) is 9.32. The van der Waals surface area contributed by atoms with Gasteiger partial charge in [-0.1, -0.05) is 6.92 Å². The molecule has 0 fully saturated rings. The van der Waals surface area contributed by atoms with Gasteiger partial charge in [0.25, 0.3) is 0 Å². The van der Waals surface area contributed by atoms with Crippen LogP contribution >= 0.6 is 0 Å². The topological polar surface area (TPSA) is 126 Å². The van der Waals surface area contributed by atoms with E-state index in [0.717, 1.165) is 17.8 Å². The number of anilines is 1. The summed E-state index contributed by atoms with van der Waals surface area (Å²) in [7, 11) is 0. The van der Waals surface area contributed by atoms with Gasteiger partial charge in [0.15, 0.2) is 0 Å². The SMILES string of the molecule is CCn1ncc(Cn2cc(NC(=O)C(C)Cn3nc([N+](=O)[O-])cc3C)cn2)c1C. The molecule has 3 aromatic heterocycles. The summed E-state index contributed by atoms with van der Waals surface area (Å²) in [5.41, 5.74) is 3.38. The third-order valence-corrected chi connectivity index (χ3v) is 4.79. The Morgan fingerprint density at radius 2 is 2.03 bits per heavy atom. The second-order valence-electron chi connectivity index (χ2n) is 6.97. The van der Waals surface area contributed by atoms with E-state index in [1.165, 1.54) is 10.7 Å². The van der Waals surface area contributed by atoms with Crippen LogP contribution in [0.2, 0.25) is 0 Å². The van der Waals surface area contributed by atoms with Crippen LogP contribution in [0.1, 0.15) is 30.8 Å². The molecule has 11 heteroatoms. The van der Waals surface area contributed by atoms with E-state index in [1.54, 1.807) is 30.9 Å². The summed E-state index contributed by atoms with van der Waals surface area (Å²) in [5.74, 6) is -0.864. The lowest BCUT2D eigenvalue weighted by Gasteiger charge is -2.10. The summed E-state index contributed by atoms with van der Waals surface area (Å²) in [6.45, 7) is 9.13. The average molecular weight is 400 g/mol. The summed E-state index contributed by atoms with van der Waals surface area (Å²) in [5, 5.41) is 26.2. The first-order valence-corrected chi connectivity index (χ1v) is 9.32. The molecule has 3 aromatic rings. The number of carbonyl (C=O) groups excluding carboxylic acids is 1. The van der Waals surface area contributed by atoms with Crippen LogP contribution in [-0.2, 0) is 24.4 Å². The van der Waals surface area contributed by atoms with E-state index in [4.69, 9.17) is 0 Å². The predicted molar refractivity (Wildman–Crippen MR) is 105 cm³/mol. The molecule has 1 atom stereocenters. The molecule has 1 unspecified atom stereocenters. The van der Waals surface area contributed by atoms with Gasteiger partial charge in [0, 0.05) is 24.0 Å². The molecule has 0 radical (unpaired) electrons. The highest BCUT2D eigenvalue weighted by molar-refractivity contribution is 5.91. The molecule has 0 bridgehead atoms. The Balaban J connectivity index is 1.60. The van der Waals surface area contributed by atoms with Crippen molar-refractivity contribution in [3.05, 3.63) is 51.7 Å². The zero-order chi connectivity index (χ0) is 21.1. The van der Waals surface area contributed by atoms with Gasteiger partial charge in [-0.3, -0.25) is 14.2 Å². The molecule has 3 heterocycles. The van der Waals surface area contributed by atoms with Crippen LogP contribution in [0.15, 0.2) is 24.7 Å². The summed E-state index contributed by atoms with van der Waals surface area (Å²) >= 11 is 0. The standard InChI is InChI=1S/C18H24N8O3/c1-5-24-14(4)15(7-20-24)10-23-11-16(8-19-23)21-18(27)12(2)9-25-13(3)6-17(22-25)26(28)29/h6-8,11-12H,5,9-10H2,1-4H3,(H,21,27). The maximum atomic E-state index is 12.5. The van der Waals surface area contributed by atoms with Crippen molar-refractivity contribution in [2.45, 2.75) is 47.3 Å². The van der Waals surface area contributed by atoms with Crippen LogP contribution in [0.3, 0.4) is 0 Å². The molecule has 0 saturated heterocycles. The van der Waals surface area contributed by atoms with Crippen LogP contribution in [0.5, 0.6) is 0 Å². The number of aryl methyl sites for hydroxylation is 2. The number of nitro groups is 1. The first kappa shape index (κ1) is 20.2. The molecule has 154 valence electrons. The lowest BCUT2D eigenvalue weighted by atomic mass is 10.1. The van der Waals surface area contributed by atoms with Gasteiger partial charge < -0.3 is 15.4 Å². The maximum absolute atomic E-state index is 12.5. The molecular formula is C18H24N8O3. The fourth-order valence-electron chi connectivity index (χ4n) is 3.02. The molecule has 0 aliphatic carbocycles. The fraction of sp³-hybridized carbons (Fsp3) is 0.444. The lowest BCUT2D eigenvalue weighted by Crippen LogP contribution is -2.25. The fourth-order valence-corrected chi connectivity index (χ4v) is 3.02. The minimum atomic E-state index is -0.547. The average Bonchev–Trinajstić information content (AvgIpc) is 3.36. The van der Waals surface area contributed by atoms with Gasteiger partial charge in [-0.25, -0.2) is 0 Å². The van der Waals surface area contributed by atoms with Gasteiger partial charge in [0.1, 0.15) is 0 Å². The van der Waals surface area contributed by atoms with Gasteiger partial charge in [0.05, 0.1) is 53.9 Å². The van der Waals surface area contributed by atoms with E-state index in [2.05, 4.69) is 20.6 Å². The van der Waals surface area contributed by atoms with Crippen LogP contribution in [0, 0.1) is 29.9 Å². The molecule has 0 spiro atoms. The Bertz CT molecular complexity index is 1030. The number of rotatable bonds is 8. The normalized spacial score (nSPS) is 12.1. The number of carbonyl (C=O) groups is 1. The highest BCUT2D eigenvalue weighted by Crippen LogP contribution is 2.15. The number of hydrogen-bond donors (Lipinski definition) is 1. The highest BCUT2D eigenvalue weighted by Gasteiger charge is 2.21. The predicted octanol–water partition coefficient (Wildman–Crippen LogP) is 2.14. The van der Waals surface area contributed by atoms with Crippen molar-refractivity contribution in [1.82, 2.24) is 29.3 Å². The molecule has 3 rings (SSSR count). The summed E-state index contributed by atoms with van der Waals surface area (Å²) in [6.07, 6.45) is 5.18. The summed E-state index contributed by atoms with van der Waals surface area (Å²) < 4.78 is 5.13. The van der Waals surface area contributed by atoms with Crippen molar-refractivity contribution in [3.63, 3.8) is 0 Å². The number of amides is 1. The van der Waals surface area contributed by atoms with E-state index in [0.29, 0.717) is 17.9 Å². The van der Waals surface area contributed by atoms with Gasteiger partial charge in [0.2, 0.25) is 5.91 Å². The quantitative estimate of drug-likeness (QED) is 0.456. The first-order chi connectivity index (χ1) is 13.8. The molecule has 29 heavy (non-hydrogen) atoms. The van der Waals surface area contributed by atoms with E-state index >= 15 is 0 Å². The monoisotopic (exact) mass is 400 g/mol. The van der Waals surface area contributed by atoms with Crippen molar-refractivity contribution >= 4 is 17.4 Å². The number of nitrogens with zero attached hydrogens (tertiary/aromatic N) is 7. The molecule has 0 saturated carbocycles. The van der Waals surface area contributed by atoms with Gasteiger partial charge in [-0.2, -0.15) is 14.9 Å². The summed E-state index contributed by atoms with van der Waals surface area (Å²) in [6, 6.07) is 1.39. The zero-order valence-corrected chi connectivity index (χ0v) is 16.9. The van der Waals surface area contributed by atoms with Crippen molar-refractivity contribution in [2.24, 2.45) is 5.92 Å². The number of nitrogens with one attached hydrogen (secondary N) is 1. The smallest absolute Gasteiger partial charge is 0.358 e. The van der Waals surface area contributed by atoms with Gasteiger partial charge in [-0.15, -0.1) is 0 Å². The molecule has 1 amide bonds. The Hall–Kier alpha value is -3.50. The maximum Gasteiger partial charge on any atom is 0.390 e. The molecule has 11 nitrogen and oxygen atoms in total. The minimum Gasteiger partial charge on any atom is -0.358 e. The van der Waals surface area contributed by atoms with Crippen molar-refractivity contribution in [2.75, 3.05) is 5.32 Å². The second kappa shape index (κ2) is 8.25. The van der Waals surface area contributed by atoms with E-state index in [9.17, 15) is 14.9 Å². The third kappa shape index (κ3) is 4.50. The molecule has 1 N–H and O–H groups in total. The Morgan fingerprint density at radius 1 is 1.28 bits per heavy atom. The number of aromatic nitrogens is 6. The van der Waals surface area contributed by atoms with E-state index in [-0.39, 0.29) is 18.3 Å². The van der Waals surface area contributed by atoms with Crippen molar-refractivity contribution < 1.29 is 9.72 Å². The lowest BCUT2D eigenvalue weighted by molar-refractivity contribution is -0.389. The van der Waals surface area contributed by atoms with Gasteiger partial charge >= 0.3 is 5.82 Å². The van der Waals surface area contributed by atoms with Crippen LogP contribution < -0.4 is 5.32 Å². The van der Waals surface area contributed by atoms with E-state index in [1.807, 2.05) is 24.7 Å². The molecule has 0 aliphatic rings. The van der Waals surface area contributed by atoms with Crippen LogP contribution in [0.4, 0.5) is 11.5 Å².